The fourth-order valence-electron chi connectivity index (χ4n) is 2.50. The second-order valence-corrected chi connectivity index (χ2v) is 8.26. The predicted octanol–water partition coefficient (Wildman–Crippen LogP) is 2.64. The Kier molecular flexibility index (Phi) is 5.95. The number of carbonyl (C=O) groups excluding carboxylic acids is 1. The Labute approximate surface area is 157 Å². The maximum Gasteiger partial charge on any atom is 0.286 e. The molecule has 0 fully saturated rings. The Morgan fingerprint density at radius 1 is 1.08 bits per heavy atom. The highest BCUT2D eigenvalue weighted by Gasteiger charge is 2.24. The third-order valence-electron chi connectivity index (χ3n) is 3.76. The number of hydrogen-bond donors (Lipinski definition) is 2. The molecule has 1 aliphatic heterocycles. The molecule has 1 aliphatic rings. The number of para-hydroxylation sites is 1. The molecule has 8 heteroatoms. The maximum absolute atomic E-state index is 12.1. The van der Waals surface area contributed by atoms with Crippen molar-refractivity contribution in [1.82, 2.24) is 5.32 Å². The van der Waals surface area contributed by atoms with E-state index in [9.17, 15) is 13.2 Å². The minimum atomic E-state index is -3.72. The number of nitrogens with one attached hydrogen (secondary N) is 2. The molecule has 136 valence electrons. The molecular weight excluding hydrogens is 370 g/mol. The summed E-state index contributed by atoms with van der Waals surface area (Å²) in [6.07, 6.45) is 1.75. The number of aryl methyl sites for hydroxylation is 1. The minimum absolute atomic E-state index is 0.106. The zero-order valence-electron chi connectivity index (χ0n) is 14.0. The molecule has 3 rings (SSSR count). The van der Waals surface area contributed by atoms with Gasteiger partial charge in [0.1, 0.15) is 4.90 Å². The van der Waals surface area contributed by atoms with Crippen molar-refractivity contribution >= 4 is 38.5 Å². The van der Waals surface area contributed by atoms with Gasteiger partial charge in [-0.25, -0.2) is 0 Å². The largest absolute Gasteiger partial charge is 0.355 e. The van der Waals surface area contributed by atoms with Gasteiger partial charge >= 0.3 is 0 Å². The van der Waals surface area contributed by atoms with Crippen LogP contribution < -0.4 is 10.6 Å². The van der Waals surface area contributed by atoms with Crippen LogP contribution in [0.5, 0.6) is 0 Å². The van der Waals surface area contributed by atoms with Gasteiger partial charge in [-0.3, -0.25) is 4.79 Å². The van der Waals surface area contributed by atoms with E-state index >= 15 is 0 Å². The summed E-state index contributed by atoms with van der Waals surface area (Å²) in [6, 6.07) is 16.6. The summed E-state index contributed by atoms with van der Waals surface area (Å²) in [5.41, 5.74) is 1.72. The standard InChI is InChI=1S/C18H19N3O3S2/c22-17(19-12-6-9-14-7-2-1-3-8-14)13-25-18-20-15-10-4-5-11-16(15)26(23,24)21-18/h1-5,7-8,10-11H,6,9,12-13H2,(H,19,22)(H,20,21). The molecule has 0 aliphatic carbocycles. The van der Waals surface area contributed by atoms with E-state index in [1.54, 1.807) is 18.2 Å². The van der Waals surface area contributed by atoms with Crippen molar-refractivity contribution in [2.75, 3.05) is 17.6 Å². The molecule has 2 aromatic rings. The Morgan fingerprint density at radius 3 is 2.62 bits per heavy atom. The van der Waals surface area contributed by atoms with Crippen LogP contribution in [0.2, 0.25) is 0 Å². The lowest BCUT2D eigenvalue weighted by molar-refractivity contribution is -0.118. The summed E-state index contributed by atoms with van der Waals surface area (Å²) in [5, 5.41) is 6.00. The summed E-state index contributed by atoms with van der Waals surface area (Å²) >= 11 is 1.07. The first-order chi connectivity index (χ1) is 12.5. The highest BCUT2D eigenvalue weighted by molar-refractivity contribution is 8.15. The Hall–Kier alpha value is -2.32. The molecule has 26 heavy (non-hydrogen) atoms. The number of anilines is 1. The molecule has 0 unspecified atom stereocenters. The number of nitrogens with zero attached hydrogens (tertiary/aromatic N) is 1. The first-order valence-electron chi connectivity index (χ1n) is 8.19. The first kappa shape index (κ1) is 18.5. The van der Waals surface area contributed by atoms with Crippen LogP contribution >= 0.6 is 11.8 Å². The van der Waals surface area contributed by atoms with Crippen LogP contribution in [0.25, 0.3) is 0 Å². The van der Waals surface area contributed by atoms with Crippen LogP contribution in [0.3, 0.4) is 0 Å². The van der Waals surface area contributed by atoms with E-state index in [2.05, 4.69) is 27.2 Å². The van der Waals surface area contributed by atoms with Gasteiger partial charge in [-0.2, -0.15) is 8.42 Å². The van der Waals surface area contributed by atoms with E-state index in [4.69, 9.17) is 0 Å². The van der Waals surface area contributed by atoms with Crippen molar-refractivity contribution in [2.24, 2.45) is 4.40 Å². The minimum Gasteiger partial charge on any atom is -0.355 e. The number of sulfonamides is 1. The molecule has 0 saturated heterocycles. The Balaban J connectivity index is 1.44. The quantitative estimate of drug-likeness (QED) is 0.742. The molecule has 0 saturated carbocycles. The van der Waals surface area contributed by atoms with Gasteiger partial charge in [0, 0.05) is 6.54 Å². The fourth-order valence-corrected chi connectivity index (χ4v) is 4.57. The maximum atomic E-state index is 12.1. The second-order valence-electron chi connectivity index (χ2n) is 5.72. The molecule has 0 spiro atoms. The number of benzene rings is 2. The van der Waals surface area contributed by atoms with E-state index in [1.807, 2.05) is 18.2 Å². The lowest BCUT2D eigenvalue weighted by Crippen LogP contribution is -2.28. The van der Waals surface area contributed by atoms with Crippen molar-refractivity contribution < 1.29 is 13.2 Å². The highest BCUT2D eigenvalue weighted by Crippen LogP contribution is 2.28. The molecule has 0 atom stereocenters. The molecule has 0 aromatic heterocycles. The SMILES string of the molecule is O=C(CSC1=NS(=O)(=O)c2ccccc2N1)NCCCc1ccccc1. The summed E-state index contributed by atoms with van der Waals surface area (Å²) in [7, 11) is -3.72. The van der Waals surface area contributed by atoms with Crippen LogP contribution in [-0.2, 0) is 21.2 Å². The topological polar surface area (TPSA) is 87.6 Å². The van der Waals surface area contributed by atoms with Crippen molar-refractivity contribution in [2.45, 2.75) is 17.7 Å². The molecule has 0 radical (unpaired) electrons. The van der Waals surface area contributed by atoms with Gasteiger partial charge in [0.2, 0.25) is 5.91 Å². The summed E-state index contributed by atoms with van der Waals surface area (Å²) in [6.45, 7) is 0.579. The van der Waals surface area contributed by atoms with E-state index in [0.717, 1.165) is 24.6 Å². The Bertz CT molecular complexity index is 912. The smallest absolute Gasteiger partial charge is 0.286 e. The molecular formula is C18H19N3O3S2. The third kappa shape index (κ3) is 4.86. The molecule has 0 bridgehead atoms. The van der Waals surface area contributed by atoms with Gasteiger partial charge < -0.3 is 10.6 Å². The van der Waals surface area contributed by atoms with Crippen LogP contribution in [0.15, 0.2) is 63.9 Å². The van der Waals surface area contributed by atoms with Gasteiger partial charge in [-0.1, -0.05) is 54.2 Å². The number of amides is 1. The monoisotopic (exact) mass is 389 g/mol. The molecule has 2 N–H and O–H groups in total. The van der Waals surface area contributed by atoms with Gasteiger partial charge in [-0.05, 0) is 30.5 Å². The van der Waals surface area contributed by atoms with Crippen LogP contribution in [-0.4, -0.2) is 31.8 Å². The number of amidine groups is 1. The van der Waals surface area contributed by atoms with E-state index in [1.165, 1.54) is 11.6 Å². The van der Waals surface area contributed by atoms with Gasteiger partial charge in [0.25, 0.3) is 10.0 Å². The number of hydrogen-bond acceptors (Lipinski definition) is 5. The van der Waals surface area contributed by atoms with Crippen LogP contribution in [0.1, 0.15) is 12.0 Å². The van der Waals surface area contributed by atoms with Crippen molar-refractivity contribution in [3.8, 4) is 0 Å². The zero-order valence-corrected chi connectivity index (χ0v) is 15.6. The summed E-state index contributed by atoms with van der Waals surface area (Å²) in [5.74, 6) is -0.0432. The van der Waals surface area contributed by atoms with Crippen LogP contribution in [0.4, 0.5) is 5.69 Å². The highest BCUT2D eigenvalue weighted by atomic mass is 32.2. The second kappa shape index (κ2) is 8.37. The normalized spacial score (nSPS) is 14.7. The third-order valence-corrected chi connectivity index (χ3v) is 6.08. The van der Waals surface area contributed by atoms with Crippen LogP contribution in [0, 0.1) is 0 Å². The van der Waals surface area contributed by atoms with Crippen molar-refractivity contribution in [1.29, 1.82) is 0 Å². The first-order valence-corrected chi connectivity index (χ1v) is 10.6. The van der Waals surface area contributed by atoms with Gasteiger partial charge in [0.15, 0.2) is 5.17 Å². The van der Waals surface area contributed by atoms with E-state index < -0.39 is 10.0 Å². The summed E-state index contributed by atoms with van der Waals surface area (Å²) in [4.78, 5) is 12.1. The molecule has 1 amide bonds. The van der Waals surface area contributed by atoms with Crippen molar-refractivity contribution in [3.05, 3.63) is 60.2 Å². The molecule has 1 heterocycles. The Morgan fingerprint density at radius 2 is 1.81 bits per heavy atom. The average Bonchev–Trinajstić information content (AvgIpc) is 2.64. The van der Waals surface area contributed by atoms with Crippen molar-refractivity contribution in [3.63, 3.8) is 0 Å². The van der Waals surface area contributed by atoms with E-state index in [0.29, 0.717) is 12.2 Å². The zero-order chi connectivity index (χ0) is 18.4. The predicted molar refractivity (Wildman–Crippen MR) is 105 cm³/mol. The number of fused-ring (bicyclic) bond motifs is 1. The average molecular weight is 390 g/mol. The van der Waals surface area contributed by atoms with Gasteiger partial charge in [-0.15, -0.1) is 4.40 Å². The van der Waals surface area contributed by atoms with E-state index in [-0.39, 0.29) is 21.7 Å². The lowest BCUT2D eigenvalue weighted by Gasteiger charge is -2.17. The number of rotatable bonds is 6. The molecule has 6 nitrogen and oxygen atoms in total. The number of thioether (sulfide) groups is 1. The lowest BCUT2D eigenvalue weighted by atomic mass is 10.1. The molecule has 2 aromatic carbocycles. The number of carbonyl (C=O) groups is 1. The van der Waals surface area contributed by atoms with Gasteiger partial charge in [0.05, 0.1) is 11.4 Å². The fraction of sp³-hybridized carbons (Fsp3) is 0.222. The summed E-state index contributed by atoms with van der Waals surface area (Å²) < 4.78 is 28.0.